The molecular formula is C20H28N2O5S. The fourth-order valence-electron chi connectivity index (χ4n) is 3.61. The lowest BCUT2D eigenvalue weighted by Gasteiger charge is -2.30. The van der Waals surface area contributed by atoms with Crippen molar-refractivity contribution in [2.45, 2.75) is 56.4 Å². The minimum Gasteiger partial charge on any atom is -0.455 e. The number of hydrogen-bond donors (Lipinski definition) is 1. The summed E-state index contributed by atoms with van der Waals surface area (Å²) in [6, 6.07) is 6.11. The molecule has 28 heavy (non-hydrogen) atoms. The molecule has 2 aliphatic rings. The number of rotatable bonds is 7. The van der Waals surface area contributed by atoms with Crippen molar-refractivity contribution < 1.29 is 22.7 Å². The lowest BCUT2D eigenvalue weighted by Crippen LogP contribution is -2.38. The van der Waals surface area contributed by atoms with E-state index >= 15 is 0 Å². The lowest BCUT2D eigenvalue weighted by molar-refractivity contribution is -0.148. The Hall–Kier alpha value is -1.93. The van der Waals surface area contributed by atoms with Gasteiger partial charge in [-0.05, 0) is 49.4 Å². The van der Waals surface area contributed by atoms with E-state index in [0.717, 1.165) is 38.5 Å². The predicted molar refractivity (Wildman–Crippen MR) is 105 cm³/mol. The molecule has 1 aromatic rings. The predicted octanol–water partition coefficient (Wildman–Crippen LogP) is 2.78. The van der Waals surface area contributed by atoms with Crippen molar-refractivity contribution in [1.82, 2.24) is 4.31 Å². The van der Waals surface area contributed by atoms with Gasteiger partial charge in [0.25, 0.3) is 5.91 Å². The zero-order valence-electron chi connectivity index (χ0n) is 16.4. The molecule has 2 atom stereocenters. The molecule has 0 bridgehead atoms. The Bertz CT molecular complexity index is 816. The summed E-state index contributed by atoms with van der Waals surface area (Å²) in [7, 11) is -1.93. The highest BCUT2D eigenvalue weighted by Gasteiger charge is 2.40. The van der Waals surface area contributed by atoms with E-state index < -0.39 is 15.9 Å². The number of nitrogens with one attached hydrogen (secondary N) is 1. The van der Waals surface area contributed by atoms with Gasteiger partial charge in [0.15, 0.2) is 6.61 Å². The van der Waals surface area contributed by atoms with E-state index in [1.165, 1.54) is 16.4 Å². The van der Waals surface area contributed by atoms with E-state index in [9.17, 15) is 18.0 Å². The van der Waals surface area contributed by atoms with Crippen molar-refractivity contribution in [2.24, 2.45) is 11.8 Å². The molecule has 0 heterocycles. The molecule has 2 fully saturated rings. The highest BCUT2D eigenvalue weighted by molar-refractivity contribution is 7.89. The molecule has 8 heteroatoms. The van der Waals surface area contributed by atoms with E-state index in [2.05, 4.69) is 5.32 Å². The summed E-state index contributed by atoms with van der Waals surface area (Å²) in [4.78, 5) is 23.8. The minimum absolute atomic E-state index is 0.0435. The number of sulfonamides is 1. The Labute approximate surface area is 166 Å². The Morgan fingerprint density at radius 2 is 1.75 bits per heavy atom. The molecule has 2 saturated carbocycles. The second-order valence-corrected chi connectivity index (χ2v) is 9.81. The van der Waals surface area contributed by atoms with Crippen LogP contribution in [0.2, 0.25) is 0 Å². The number of hydrogen-bond acceptors (Lipinski definition) is 5. The summed E-state index contributed by atoms with van der Waals surface area (Å²) < 4.78 is 32.1. The van der Waals surface area contributed by atoms with Crippen molar-refractivity contribution in [3.63, 3.8) is 0 Å². The van der Waals surface area contributed by atoms with Crippen LogP contribution in [0.4, 0.5) is 5.69 Å². The Morgan fingerprint density at radius 3 is 2.32 bits per heavy atom. The molecule has 2 aliphatic carbocycles. The standard InChI is InChI=1S/C20H28N2O5S/c1-14-12-18(14)20(24)27-13-19(23)21-15-8-10-17(11-9-15)28(25,26)22(2)16-6-4-3-5-7-16/h8-11,14,16,18H,3-7,12-13H2,1-2H3,(H,21,23)/t14-,18+/m0/s1. The highest BCUT2D eigenvalue weighted by atomic mass is 32.2. The van der Waals surface area contributed by atoms with Gasteiger partial charge in [-0.3, -0.25) is 9.59 Å². The number of nitrogens with zero attached hydrogens (tertiary/aromatic N) is 1. The first-order valence-corrected chi connectivity index (χ1v) is 11.3. The molecule has 0 spiro atoms. The Balaban J connectivity index is 1.54. The van der Waals surface area contributed by atoms with Crippen LogP contribution in [0, 0.1) is 11.8 Å². The zero-order valence-corrected chi connectivity index (χ0v) is 17.2. The summed E-state index contributed by atoms with van der Waals surface area (Å²) >= 11 is 0. The van der Waals surface area contributed by atoms with Gasteiger partial charge in [-0.1, -0.05) is 26.2 Å². The fourth-order valence-corrected chi connectivity index (χ4v) is 5.02. The maximum absolute atomic E-state index is 12.8. The monoisotopic (exact) mass is 408 g/mol. The first kappa shape index (κ1) is 20.8. The van der Waals surface area contributed by atoms with Gasteiger partial charge in [0, 0.05) is 18.8 Å². The molecule has 3 rings (SSSR count). The molecule has 0 unspecified atom stereocenters. The molecule has 1 N–H and O–H groups in total. The van der Waals surface area contributed by atoms with E-state index in [1.807, 2.05) is 6.92 Å². The van der Waals surface area contributed by atoms with Crippen molar-refractivity contribution in [1.29, 1.82) is 0 Å². The summed E-state index contributed by atoms with van der Waals surface area (Å²) in [6.07, 6.45) is 5.86. The molecule has 0 aliphatic heterocycles. The van der Waals surface area contributed by atoms with Crippen LogP contribution in [-0.4, -0.2) is 44.3 Å². The van der Waals surface area contributed by atoms with Gasteiger partial charge in [0.2, 0.25) is 10.0 Å². The molecule has 1 amide bonds. The van der Waals surface area contributed by atoms with Gasteiger partial charge < -0.3 is 10.1 Å². The number of esters is 1. The van der Waals surface area contributed by atoms with Crippen molar-refractivity contribution in [3.05, 3.63) is 24.3 Å². The second-order valence-electron chi connectivity index (χ2n) is 7.81. The summed E-state index contributed by atoms with van der Waals surface area (Å²) in [6.45, 7) is 1.62. The molecule has 0 saturated heterocycles. The minimum atomic E-state index is -3.56. The van der Waals surface area contributed by atoms with Gasteiger partial charge in [0.05, 0.1) is 10.8 Å². The largest absolute Gasteiger partial charge is 0.455 e. The van der Waals surface area contributed by atoms with Gasteiger partial charge >= 0.3 is 5.97 Å². The molecule has 1 aromatic carbocycles. The SMILES string of the molecule is C[C@H]1C[C@H]1C(=O)OCC(=O)Nc1ccc(S(=O)(=O)N(C)C2CCCCC2)cc1. The fraction of sp³-hybridized carbons (Fsp3) is 0.600. The third-order valence-corrected chi connectivity index (χ3v) is 7.59. The zero-order chi connectivity index (χ0) is 20.3. The van der Waals surface area contributed by atoms with Gasteiger partial charge in [0.1, 0.15) is 0 Å². The van der Waals surface area contributed by atoms with Crippen LogP contribution in [-0.2, 0) is 24.3 Å². The third-order valence-electron chi connectivity index (χ3n) is 5.66. The molecule has 154 valence electrons. The highest BCUT2D eigenvalue weighted by Crippen LogP contribution is 2.38. The Kier molecular flexibility index (Phi) is 6.40. The Morgan fingerprint density at radius 1 is 1.14 bits per heavy atom. The first-order valence-electron chi connectivity index (χ1n) is 9.83. The van der Waals surface area contributed by atoms with Crippen LogP contribution in [0.5, 0.6) is 0 Å². The van der Waals surface area contributed by atoms with Gasteiger partial charge in [-0.2, -0.15) is 4.31 Å². The number of carbonyl (C=O) groups excluding carboxylic acids is 2. The number of amides is 1. The van der Waals surface area contributed by atoms with Crippen LogP contribution in [0.1, 0.15) is 45.4 Å². The van der Waals surface area contributed by atoms with Crippen LogP contribution in [0.25, 0.3) is 0 Å². The quantitative estimate of drug-likeness (QED) is 0.701. The summed E-state index contributed by atoms with van der Waals surface area (Å²) in [5.41, 5.74) is 0.458. The number of ether oxygens (including phenoxy) is 1. The first-order chi connectivity index (χ1) is 13.3. The van der Waals surface area contributed by atoms with Crippen molar-refractivity contribution >= 4 is 27.6 Å². The van der Waals surface area contributed by atoms with Crippen molar-refractivity contribution in [2.75, 3.05) is 19.0 Å². The van der Waals surface area contributed by atoms with Crippen LogP contribution < -0.4 is 5.32 Å². The summed E-state index contributed by atoms with van der Waals surface area (Å²) in [5.74, 6) is -0.540. The van der Waals surface area contributed by atoms with Crippen LogP contribution >= 0.6 is 0 Å². The number of anilines is 1. The van der Waals surface area contributed by atoms with E-state index in [0.29, 0.717) is 11.6 Å². The molecule has 0 radical (unpaired) electrons. The van der Waals surface area contributed by atoms with Crippen LogP contribution in [0.3, 0.4) is 0 Å². The van der Waals surface area contributed by atoms with Crippen LogP contribution in [0.15, 0.2) is 29.2 Å². The molecular weight excluding hydrogens is 380 g/mol. The average molecular weight is 409 g/mol. The smallest absolute Gasteiger partial charge is 0.309 e. The van der Waals surface area contributed by atoms with Gasteiger partial charge in [-0.15, -0.1) is 0 Å². The number of benzene rings is 1. The maximum Gasteiger partial charge on any atom is 0.309 e. The van der Waals surface area contributed by atoms with Crippen molar-refractivity contribution in [3.8, 4) is 0 Å². The topological polar surface area (TPSA) is 92.8 Å². The van der Waals surface area contributed by atoms with E-state index in [-0.39, 0.29) is 29.4 Å². The summed E-state index contributed by atoms with van der Waals surface area (Å²) in [5, 5.41) is 2.61. The normalized spacial score (nSPS) is 22.7. The second kappa shape index (κ2) is 8.61. The van der Waals surface area contributed by atoms with E-state index in [4.69, 9.17) is 4.74 Å². The molecule has 7 nitrogen and oxygen atoms in total. The molecule has 0 aromatic heterocycles. The third kappa shape index (κ3) is 4.91. The van der Waals surface area contributed by atoms with E-state index in [1.54, 1.807) is 19.2 Å². The average Bonchev–Trinajstić information content (AvgIpc) is 3.43. The lowest BCUT2D eigenvalue weighted by atomic mass is 9.96. The maximum atomic E-state index is 12.8. The number of carbonyl (C=O) groups is 2. The van der Waals surface area contributed by atoms with Gasteiger partial charge in [-0.25, -0.2) is 8.42 Å².